The van der Waals surface area contributed by atoms with Crippen molar-refractivity contribution in [3.63, 3.8) is 0 Å². The highest BCUT2D eigenvalue weighted by atomic mass is 32.2. The Kier molecular flexibility index (Phi) is 5.76. The molecule has 4 rings (SSSR count). The van der Waals surface area contributed by atoms with E-state index in [1.165, 1.54) is 4.90 Å². The van der Waals surface area contributed by atoms with Crippen molar-refractivity contribution in [1.29, 1.82) is 0 Å². The summed E-state index contributed by atoms with van der Waals surface area (Å²) in [5, 5.41) is 5.63. The van der Waals surface area contributed by atoms with Gasteiger partial charge in [-0.15, -0.1) is 0 Å². The molecule has 0 saturated heterocycles. The minimum absolute atomic E-state index is 0.294. The second-order valence-electron chi connectivity index (χ2n) is 8.37. The number of urea groups is 1. The standard InChI is InChI=1S/C25H23N3O3S/c1-25(2,3)28-22(29)18-14-13-16(15-19(18)23(28)30)26-24(31)27-20-11-7-8-12-21(20)32-17-9-5-4-6-10-17/h4-15H,1-3H3,(H2,26,27,31). The van der Waals surface area contributed by atoms with E-state index in [1.807, 2.05) is 75.4 Å². The molecule has 0 atom stereocenters. The van der Waals surface area contributed by atoms with Gasteiger partial charge in [-0.25, -0.2) is 4.79 Å². The van der Waals surface area contributed by atoms with Gasteiger partial charge in [-0.1, -0.05) is 42.1 Å². The number of anilines is 2. The summed E-state index contributed by atoms with van der Waals surface area (Å²) in [6.07, 6.45) is 0. The smallest absolute Gasteiger partial charge is 0.308 e. The Hall–Kier alpha value is -3.58. The maximum absolute atomic E-state index is 12.8. The van der Waals surface area contributed by atoms with Gasteiger partial charge in [-0.2, -0.15) is 0 Å². The van der Waals surface area contributed by atoms with E-state index in [1.54, 1.807) is 30.0 Å². The second-order valence-corrected chi connectivity index (χ2v) is 9.48. The predicted octanol–water partition coefficient (Wildman–Crippen LogP) is 5.88. The number of carbonyl (C=O) groups is 3. The van der Waals surface area contributed by atoms with Crippen LogP contribution >= 0.6 is 11.8 Å². The van der Waals surface area contributed by atoms with Crippen molar-refractivity contribution in [2.75, 3.05) is 10.6 Å². The van der Waals surface area contributed by atoms with E-state index in [0.29, 0.717) is 22.5 Å². The van der Waals surface area contributed by atoms with Crippen molar-refractivity contribution in [2.45, 2.75) is 36.1 Å². The lowest BCUT2D eigenvalue weighted by Crippen LogP contribution is -2.45. The van der Waals surface area contributed by atoms with E-state index in [4.69, 9.17) is 0 Å². The third-order valence-electron chi connectivity index (χ3n) is 4.92. The van der Waals surface area contributed by atoms with E-state index in [-0.39, 0.29) is 11.8 Å². The number of fused-ring (bicyclic) bond motifs is 1. The third kappa shape index (κ3) is 4.38. The summed E-state index contributed by atoms with van der Waals surface area (Å²) < 4.78 is 0. The summed E-state index contributed by atoms with van der Waals surface area (Å²) in [7, 11) is 0. The summed E-state index contributed by atoms with van der Waals surface area (Å²) >= 11 is 1.55. The molecule has 6 nitrogen and oxygen atoms in total. The molecule has 2 N–H and O–H groups in total. The van der Waals surface area contributed by atoms with E-state index in [2.05, 4.69) is 10.6 Å². The zero-order chi connectivity index (χ0) is 22.9. The monoisotopic (exact) mass is 445 g/mol. The Balaban J connectivity index is 1.50. The van der Waals surface area contributed by atoms with Gasteiger partial charge in [-0.3, -0.25) is 14.5 Å². The summed E-state index contributed by atoms with van der Waals surface area (Å²) in [4.78, 5) is 41.3. The van der Waals surface area contributed by atoms with Gasteiger partial charge >= 0.3 is 6.03 Å². The topological polar surface area (TPSA) is 78.5 Å². The lowest BCUT2D eigenvalue weighted by atomic mass is 10.1. The van der Waals surface area contributed by atoms with Crippen molar-refractivity contribution < 1.29 is 14.4 Å². The first kappa shape index (κ1) is 21.6. The first-order chi connectivity index (χ1) is 15.2. The molecule has 0 bridgehead atoms. The molecule has 1 aliphatic heterocycles. The summed E-state index contributed by atoms with van der Waals surface area (Å²) in [6.45, 7) is 5.44. The quantitative estimate of drug-likeness (QED) is 0.492. The molecule has 32 heavy (non-hydrogen) atoms. The fraction of sp³-hybridized carbons (Fsp3) is 0.160. The number of imide groups is 1. The minimum atomic E-state index is -0.627. The fourth-order valence-electron chi connectivity index (χ4n) is 3.49. The van der Waals surface area contributed by atoms with Crippen LogP contribution in [0.15, 0.2) is 82.6 Å². The highest BCUT2D eigenvalue weighted by molar-refractivity contribution is 7.99. The number of amides is 4. The lowest BCUT2D eigenvalue weighted by Gasteiger charge is -2.29. The number of benzene rings is 3. The average molecular weight is 446 g/mol. The fourth-order valence-corrected chi connectivity index (χ4v) is 4.41. The number of para-hydroxylation sites is 1. The normalized spacial score (nSPS) is 13.2. The Morgan fingerprint density at radius 2 is 1.47 bits per heavy atom. The second kappa shape index (κ2) is 8.51. The molecule has 1 aliphatic rings. The minimum Gasteiger partial charge on any atom is -0.308 e. The molecule has 3 aromatic carbocycles. The largest absolute Gasteiger partial charge is 0.323 e. The third-order valence-corrected chi connectivity index (χ3v) is 6.01. The van der Waals surface area contributed by atoms with Crippen LogP contribution in [-0.4, -0.2) is 28.3 Å². The molecule has 0 fully saturated rings. The number of carbonyl (C=O) groups excluding carboxylic acids is 3. The van der Waals surface area contributed by atoms with Crippen LogP contribution in [0.4, 0.5) is 16.2 Å². The molecular weight excluding hydrogens is 422 g/mol. The summed E-state index contributed by atoms with van der Waals surface area (Å²) in [5.41, 5.74) is 1.12. The Morgan fingerprint density at radius 3 is 2.19 bits per heavy atom. The summed E-state index contributed by atoms with van der Waals surface area (Å²) in [5.74, 6) is -0.675. The molecule has 0 unspecified atom stereocenters. The van der Waals surface area contributed by atoms with Gasteiger partial charge in [0.1, 0.15) is 0 Å². The van der Waals surface area contributed by atoms with Crippen molar-refractivity contribution >= 4 is 41.0 Å². The van der Waals surface area contributed by atoms with E-state index in [0.717, 1.165) is 9.79 Å². The van der Waals surface area contributed by atoms with Crippen molar-refractivity contribution in [3.05, 3.63) is 83.9 Å². The molecule has 1 heterocycles. The van der Waals surface area contributed by atoms with Crippen molar-refractivity contribution in [2.24, 2.45) is 0 Å². The maximum Gasteiger partial charge on any atom is 0.323 e. The number of rotatable bonds is 4. The van der Waals surface area contributed by atoms with Gasteiger partial charge in [0, 0.05) is 21.0 Å². The van der Waals surface area contributed by atoms with Gasteiger partial charge in [0.2, 0.25) is 0 Å². The van der Waals surface area contributed by atoms with Crippen LogP contribution in [0.3, 0.4) is 0 Å². The van der Waals surface area contributed by atoms with Crippen molar-refractivity contribution in [3.8, 4) is 0 Å². The van der Waals surface area contributed by atoms with Crippen LogP contribution < -0.4 is 10.6 Å². The van der Waals surface area contributed by atoms with E-state index >= 15 is 0 Å². The van der Waals surface area contributed by atoms with Crippen LogP contribution in [0, 0.1) is 0 Å². The lowest BCUT2D eigenvalue weighted by molar-refractivity contribution is 0.0507. The van der Waals surface area contributed by atoms with E-state index in [9.17, 15) is 14.4 Å². The SMILES string of the molecule is CC(C)(C)N1C(=O)c2ccc(NC(=O)Nc3ccccc3Sc3ccccc3)cc2C1=O. The van der Waals surface area contributed by atoms with Gasteiger partial charge in [0.05, 0.1) is 16.8 Å². The maximum atomic E-state index is 12.8. The molecule has 162 valence electrons. The number of nitrogens with zero attached hydrogens (tertiary/aromatic N) is 1. The van der Waals surface area contributed by atoms with Crippen LogP contribution in [0.5, 0.6) is 0 Å². The summed E-state index contributed by atoms with van der Waals surface area (Å²) in [6, 6.07) is 21.7. The van der Waals surface area contributed by atoms with Crippen molar-refractivity contribution in [1.82, 2.24) is 4.90 Å². The molecule has 0 saturated carbocycles. The highest BCUT2D eigenvalue weighted by Gasteiger charge is 2.41. The van der Waals surface area contributed by atoms with Gasteiger partial charge < -0.3 is 10.6 Å². The zero-order valence-corrected chi connectivity index (χ0v) is 18.8. The Morgan fingerprint density at radius 1 is 0.812 bits per heavy atom. The molecule has 0 aromatic heterocycles. The Bertz CT molecular complexity index is 1200. The van der Waals surface area contributed by atoms with Gasteiger partial charge in [0.25, 0.3) is 11.8 Å². The van der Waals surface area contributed by atoms with Crippen LogP contribution in [0.25, 0.3) is 0 Å². The van der Waals surface area contributed by atoms with Gasteiger partial charge in [0.15, 0.2) is 0 Å². The first-order valence-corrected chi connectivity index (χ1v) is 11.0. The van der Waals surface area contributed by atoms with Crippen LogP contribution in [0.2, 0.25) is 0 Å². The van der Waals surface area contributed by atoms with Gasteiger partial charge in [-0.05, 0) is 63.2 Å². The predicted molar refractivity (Wildman–Crippen MR) is 126 cm³/mol. The molecule has 3 aromatic rings. The molecule has 0 aliphatic carbocycles. The van der Waals surface area contributed by atoms with Crippen LogP contribution in [0.1, 0.15) is 41.5 Å². The molecule has 4 amide bonds. The molecule has 7 heteroatoms. The molecular formula is C25H23N3O3S. The number of nitrogens with one attached hydrogen (secondary N) is 2. The average Bonchev–Trinajstić information content (AvgIpc) is 3.00. The highest BCUT2D eigenvalue weighted by Crippen LogP contribution is 2.34. The first-order valence-electron chi connectivity index (χ1n) is 10.2. The molecule has 0 radical (unpaired) electrons. The Labute approximate surface area is 191 Å². The van der Waals surface area contributed by atoms with E-state index < -0.39 is 11.6 Å². The molecule has 0 spiro atoms. The number of hydrogen-bond donors (Lipinski definition) is 2. The number of hydrogen-bond acceptors (Lipinski definition) is 4. The van der Waals surface area contributed by atoms with Crippen LogP contribution in [-0.2, 0) is 0 Å². The zero-order valence-electron chi connectivity index (χ0n) is 18.0.